The van der Waals surface area contributed by atoms with E-state index < -0.39 is 22.9 Å². The van der Waals surface area contributed by atoms with Crippen molar-refractivity contribution in [2.45, 2.75) is 54.6 Å². The molecule has 1 saturated heterocycles. The number of aryl methyl sites for hydroxylation is 3. The lowest BCUT2D eigenvalue weighted by Crippen LogP contribution is -2.58. The number of carbonyl (C=O) groups excluding carboxylic acids is 3. The summed E-state index contributed by atoms with van der Waals surface area (Å²) in [4.78, 5) is 37.9. The van der Waals surface area contributed by atoms with Gasteiger partial charge in [-0.15, -0.1) is 0 Å². The van der Waals surface area contributed by atoms with Gasteiger partial charge >= 0.3 is 5.97 Å². The van der Waals surface area contributed by atoms with Gasteiger partial charge in [-0.3, -0.25) is 14.4 Å². The Kier molecular flexibility index (Phi) is 4.00. The molecular formula is C19H24O4. The third-order valence-electron chi connectivity index (χ3n) is 4.71. The van der Waals surface area contributed by atoms with Gasteiger partial charge in [-0.25, -0.2) is 0 Å². The summed E-state index contributed by atoms with van der Waals surface area (Å²) in [5, 5.41) is 0. The van der Waals surface area contributed by atoms with Crippen LogP contribution in [-0.2, 0) is 14.3 Å². The first kappa shape index (κ1) is 17.4. The fourth-order valence-electron chi connectivity index (χ4n) is 3.50. The lowest BCUT2D eigenvalue weighted by atomic mass is 9.66. The van der Waals surface area contributed by atoms with Crippen molar-refractivity contribution in [2.24, 2.45) is 10.8 Å². The van der Waals surface area contributed by atoms with Crippen LogP contribution in [0.25, 0.3) is 0 Å². The second-order valence-corrected chi connectivity index (χ2v) is 7.60. The molecule has 0 aliphatic carbocycles. The number of hydrogen-bond acceptors (Lipinski definition) is 4. The SMILES string of the molecule is Cc1cc(C)c(C(=O)[C@@H]2OC(=O)C(C)(C)C(=O)C2(C)C)c(C)c1. The molecule has 1 aromatic rings. The van der Waals surface area contributed by atoms with Crippen molar-refractivity contribution < 1.29 is 19.1 Å². The van der Waals surface area contributed by atoms with Crippen LogP contribution in [0, 0.1) is 31.6 Å². The molecule has 1 fully saturated rings. The first-order valence-electron chi connectivity index (χ1n) is 7.78. The maximum Gasteiger partial charge on any atom is 0.319 e. The number of rotatable bonds is 2. The van der Waals surface area contributed by atoms with Crippen LogP contribution in [0.2, 0.25) is 0 Å². The first-order chi connectivity index (χ1) is 10.4. The average molecular weight is 316 g/mol. The highest BCUT2D eigenvalue weighted by molar-refractivity contribution is 6.14. The van der Waals surface area contributed by atoms with Crippen molar-refractivity contribution in [3.05, 3.63) is 34.4 Å². The monoisotopic (exact) mass is 316 g/mol. The summed E-state index contributed by atoms with van der Waals surface area (Å²) in [6, 6.07) is 3.84. The number of esters is 1. The fraction of sp³-hybridized carbons (Fsp3) is 0.526. The van der Waals surface area contributed by atoms with Crippen LogP contribution < -0.4 is 0 Å². The van der Waals surface area contributed by atoms with Crippen molar-refractivity contribution in [3.63, 3.8) is 0 Å². The molecule has 2 rings (SSSR count). The minimum absolute atomic E-state index is 0.262. The van der Waals surface area contributed by atoms with Gasteiger partial charge in [0.25, 0.3) is 0 Å². The Morgan fingerprint density at radius 3 is 1.96 bits per heavy atom. The Bertz CT molecular complexity index is 687. The van der Waals surface area contributed by atoms with Crippen LogP contribution in [0.3, 0.4) is 0 Å². The molecule has 0 aromatic heterocycles. The van der Waals surface area contributed by atoms with E-state index in [0.717, 1.165) is 16.7 Å². The van der Waals surface area contributed by atoms with Gasteiger partial charge in [0, 0.05) is 5.56 Å². The maximum atomic E-state index is 13.0. The van der Waals surface area contributed by atoms with E-state index in [1.807, 2.05) is 32.9 Å². The predicted molar refractivity (Wildman–Crippen MR) is 87.4 cm³/mol. The van der Waals surface area contributed by atoms with E-state index in [1.165, 1.54) is 0 Å². The van der Waals surface area contributed by atoms with E-state index >= 15 is 0 Å². The van der Waals surface area contributed by atoms with Crippen molar-refractivity contribution in [3.8, 4) is 0 Å². The number of ether oxygens (including phenoxy) is 1. The van der Waals surface area contributed by atoms with Gasteiger partial charge in [0.1, 0.15) is 5.41 Å². The Labute approximate surface area is 137 Å². The number of carbonyl (C=O) groups is 3. The predicted octanol–water partition coefficient (Wildman–Crippen LogP) is 3.34. The van der Waals surface area contributed by atoms with Crippen LogP contribution in [0.1, 0.15) is 54.7 Å². The van der Waals surface area contributed by atoms with Gasteiger partial charge in [-0.2, -0.15) is 0 Å². The van der Waals surface area contributed by atoms with Crippen LogP contribution in [-0.4, -0.2) is 23.6 Å². The van der Waals surface area contributed by atoms with Crippen LogP contribution in [0.15, 0.2) is 12.1 Å². The Morgan fingerprint density at radius 2 is 1.48 bits per heavy atom. The summed E-state index contributed by atoms with van der Waals surface area (Å²) in [5.41, 5.74) is 0.978. The minimum atomic E-state index is -1.22. The molecule has 0 saturated carbocycles. The molecule has 4 heteroatoms. The molecular weight excluding hydrogens is 292 g/mol. The number of benzene rings is 1. The molecule has 0 radical (unpaired) electrons. The molecule has 1 aliphatic heterocycles. The van der Waals surface area contributed by atoms with Gasteiger partial charge in [-0.05, 0) is 59.6 Å². The molecule has 0 amide bonds. The normalized spacial score (nSPS) is 22.7. The summed E-state index contributed by atoms with van der Waals surface area (Å²) in [6.45, 7) is 12.1. The highest BCUT2D eigenvalue weighted by atomic mass is 16.6. The van der Waals surface area contributed by atoms with E-state index in [4.69, 9.17) is 4.74 Å². The summed E-state index contributed by atoms with van der Waals surface area (Å²) >= 11 is 0. The summed E-state index contributed by atoms with van der Waals surface area (Å²) < 4.78 is 5.43. The highest BCUT2D eigenvalue weighted by Gasteiger charge is 2.57. The van der Waals surface area contributed by atoms with Gasteiger partial charge < -0.3 is 4.74 Å². The van der Waals surface area contributed by atoms with Gasteiger partial charge in [0.2, 0.25) is 5.78 Å². The molecule has 124 valence electrons. The number of cyclic esters (lactones) is 1. The summed E-state index contributed by atoms with van der Waals surface area (Å²) in [5.74, 6) is -1.20. The molecule has 0 N–H and O–H groups in total. The standard InChI is InChI=1S/C19H24O4/c1-10-8-11(2)13(12(3)9-10)14(20)15-18(4,5)16(21)19(6,7)17(22)23-15/h8-9,15H,1-7H3/t15-/m0/s1. The fourth-order valence-corrected chi connectivity index (χ4v) is 3.50. The Balaban J connectivity index is 2.52. The zero-order chi connectivity index (χ0) is 17.7. The second-order valence-electron chi connectivity index (χ2n) is 7.60. The lowest BCUT2D eigenvalue weighted by Gasteiger charge is -2.42. The van der Waals surface area contributed by atoms with Crippen molar-refractivity contribution in [2.75, 3.05) is 0 Å². The Morgan fingerprint density at radius 1 is 1.00 bits per heavy atom. The Hall–Kier alpha value is -1.97. The van der Waals surface area contributed by atoms with Crippen LogP contribution in [0.4, 0.5) is 0 Å². The zero-order valence-electron chi connectivity index (χ0n) is 14.9. The first-order valence-corrected chi connectivity index (χ1v) is 7.78. The lowest BCUT2D eigenvalue weighted by molar-refractivity contribution is -0.181. The van der Waals surface area contributed by atoms with Crippen LogP contribution in [0.5, 0.6) is 0 Å². The molecule has 1 aliphatic rings. The highest BCUT2D eigenvalue weighted by Crippen LogP contribution is 2.41. The molecule has 1 aromatic carbocycles. The van der Waals surface area contributed by atoms with E-state index in [9.17, 15) is 14.4 Å². The number of ketones is 2. The number of Topliss-reactive ketones (excluding diaryl/α,β-unsaturated/α-hetero) is 2. The summed E-state index contributed by atoms with van der Waals surface area (Å²) in [6.07, 6.45) is -1.09. The molecule has 0 spiro atoms. The summed E-state index contributed by atoms with van der Waals surface area (Å²) in [7, 11) is 0. The molecule has 23 heavy (non-hydrogen) atoms. The quantitative estimate of drug-likeness (QED) is 0.477. The number of hydrogen-bond donors (Lipinski definition) is 0. The average Bonchev–Trinajstić information content (AvgIpc) is 2.40. The van der Waals surface area contributed by atoms with E-state index in [0.29, 0.717) is 5.56 Å². The second kappa shape index (κ2) is 5.29. The molecule has 1 heterocycles. The third kappa shape index (κ3) is 2.60. The van der Waals surface area contributed by atoms with Crippen molar-refractivity contribution in [1.82, 2.24) is 0 Å². The van der Waals surface area contributed by atoms with E-state index in [1.54, 1.807) is 27.7 Å². The van der Waals surface area contributed by atoms with Crippen LogP contribution >= 0.6 is 0 Å². The largest absolute Gasteiger partial charge is 0.452 e. The molecule has 0 unspecified atom stereocenters. The van der Waals surface area contributed by atoms with Gasteiger partial charge in [0.05, 0.1) is 5.41 Å². The van der Waals surface area contributed by atoms with Gasteiger partial charge in [-0.1, -0.05) is 17.7 Å². The third-order valence-corrected chi connectivity index (χ3v) is 4.71. The maximum absolute atomic E-state index is 13.0. The zero-order valence-corrected chi connectivity index (χ0v) is 14.9. The topological polar surface area (TPSA) is 60.4 Å². The van der Waals surface area contributed by atoms with E-state index in [2.05, 4.69) is 0 Å². The van der Waals surface area contributed by atoms with Crippen molar-refractivity contribution in [1.29, 1.82) is 0 Å². The minimum Gasteiger partial charge on any atom is -0.452 e. The van der Waals surface area contributed by atoms with Crippen molar-refractivity contribution >= 4 is 17.5 Å². The van der Waals surface area contributed by atoms with Gasteiger partial charge in [0.15, 0.2) is 11.9 Å². The molecule has 4 nitrogen and oxygen atoms in total. The molecule has 0 bridgehead atoms. The molecule has 1 atom stereocenters. The smallest absolute Gasteiger partial charge is 0.319 e. The van der Waals surface area contributed by atoms with E-state index in [-0.39, 0.29) is 11.6 Å².